The van der Waals surface area contributed by atoms with E-state index < -0.39 is 6.10 Å². The van der Waals surface area contributed by atoms with Gasteiger partial charge in [0.2, 0.25) is 5.91 Å². The lowest BCUT2D eigenvalue weighted by molar-refractivity contribution is -0.131. The lowest BCUT2D eigenvalue weighted by Crippen LogP contribution is -2.30. The normalized spacial score (nSPS) is 18.7. The molecule has 0 spiro atoms. The van der Waals surface area contributed by atoms with Crippen LogP contribution in [0.2, 0.25) is 0 Å². The van der Waals surface area contributed by atoms with Crippen molar-refractivity contribution in [2.45, 2.75) is 58.2 Å². The van der Waals surface area contributed by atoms with Gasteiger partial charge in [-0.1, -0.05) is 0 Å². The van der Waals surface area contributed by atoms with Crippen LogP contribution in [-0.2, 0) is 24.3 Å². The molecule has 1 fully saturated rings. The number of hydrogen-bond acceptors (Lipinski definition) is 5. The molecule has 2 aliphatic rings. The Kier molecular flexibility index (Phi) is 4.60. The Labute approximate surface area is 151 Å². The zero-order valence-electron chi connectivity index (χ0n) is 14.5. The van der Waals surface area contributed by atoms with Crippen LogP contribution in [0.15, 0.2) is 11.6 Å². The quantitative estimate of drug-likeness (QED) is 0.889. The van der Waals surface area contributed by atoms with Crippen molar-refractivity contribution in [3.63, 3.8) is 0 Å². The third-order valence-corrected chi connectivity index (χ3v) is 6.16. The van der Waals surface area contributed by atoms with Gasteiger partial charge in [-0.15, -0.1) is 11.3 Å². The first kappa shape index (κ1) is 16.7. The van der Waals surface area contributed by atoms with Gasteiger partial charge in [0.25, 0.3) is 0 Å². The SMILES string of the molecule is Cc1ncsc1CCC(=O)N1CCCn2nc([C@@H](O)C3CC3)cc2C1. The highest BCUT2D eigenvalue weighted by Gasteiger charge is 2.33. The predicted molar refractivity (Wildman–Crippen MR) is 95.1 cm³/mol. The Morgan fingerprint density at radius 3 is 3.00 bits per heavy atom. The maximum Gasteiger partial charge on any atom is 0.223 e. The van der Waals surface area contributed by atoms with Crippen LogP contribution < -0.4 is 0 Å². The summed E-state index contributed by atoms with van der Waals surface area (Å²) in [5, 5.41) is 14.9. The Morgan fingerprint density at radius 2 is 2.28 bits per heavy atom. The Morgan fingerprint density at radius 1 is 1.44 bits per heavy atom. The first-order chi connectivity index (χ1) is 12.1. The molecule has 0 bridgehead atoms. The minimum atomic E-state index is -0.446. The van der Waals surface area contributed by atoms with Crippen LogP contribution in [0.3, 0.4) is 0 Å². The fourth-order valence-electron chi connectivity index (χ4n) is 3.44. The number of carbonyl (C=O) groups is 1. The molecular formula is C18H24N4O2S. The van der Waals surface area contributed by atoms with E-state index >= 15 is 0 Å². The van der Waals surface area contributed by atoms with Crippen LogP contribution in [0.4, 0.5) is 0 Å². The monoisotopic (exact) mass is 360 g/mol. The summed E-state index contributed by atoms with van der Waals surface area (Å²) < 4.78 is 1.97. The molecule has 2 aromatic heterocycles. The minimum absolute atomic E-state index is 0.187. The predicted octanol–water partition coefficient (Wildman–Crippen LogP) is 2.46. The summed E-state index contributed by atoms with van der Waals surface area (Å²) in [7, 11) is 0. The van der Waals surface area contributed by atoms with Crippen molar-refractivity contribution in [2.75, 3.05) is 6.54 Å². The van der Waals surface area contributed by atoms with Gasteiger partial charge in [-0.25, -0.2) is 4.98 Å². The molecule has 1 atom stereocenters. The van der Waals surface area contributed by atoms with Crippen LogP contribution >= 0.6 is 11.3 Å². The number of nitrogens with zero attached hydrogens (tertiary/aromatic N) is 4. The van der Waals surface area contributed by atoms with Crippen molar-refractivity contribution in [3.05, 3.63) is 33.5 Å². The number of aromatic nitrogens is 3. The van der Waals surface area contributed by atoms with E-state index in [-0.39, 0.29) is 5.91 Å². The number of thiazole rings is 1. The van der Waals surface area contributed by atoms with Gasteiger partial charge in [0.1, 0.15) is 6.10 Å². The summed E-state index contributed by atoms with van der Waals surface area (Å²) in [5.74, 6) is 0.561. The van der Waals surface area contributed by atoms with Crippen molar-refractivity contribution in [1.82, 2.24) is 19.7 Å². The van der Waals surface area contributed by atoms with Crippen LogP contribution in [0.5, 0.6) is 0 Å². The molecule has 6 nitrogen and oxygen atoms in total. The third-order valence-electron chi connectivity index (χ3n) is 5.17. The summed E-state index contributed by atoms with van der Waals surface area (Å²) in [6, 6.07) is 1.99. The van der Waals surface area contributed by atoms with Crippen LogP contribution in [0, 0.1) is 12.8 Å². The Hall–Kier alpha value is -1.73. The first-order valence-corrected chi connectivity index (χ1v) is 9.91. The number of aryl methyl sites for hydroxylation is 3. The molecule has 3 heterocycles. The fraction of sp³-hybridized carbons (Fsp3) is 0.611. The molecule has 0 unspecified atom stereocenters. The van der Waals surface area contributed by atoms with Gasteiger partial charge in [-0.3, -0.25) is 9.48 Å². The molecule has 1 aliphatic heterocycles. The summed E-state index contributed by atoms with van der Waals surface area (Å²) in [5.41, 5.74) is 4.68. The zero-order chi connectivity index (χ0) is 17.4. The van der Waals surface area contributed by atoms with E-state index in [0.717, 1.165) is 55.9 Å². The van der Waals surface area contributed by atoms with Gasteiger partial charge in [-0.2, -0.15) is 5.10 Å². The van der Waals surface area contributed by atoms with Crippen molar-refractivity contribution in [3.8, 4) is 0 Å². The van der Waals surface area contributed by atoms with Crippen LogP contribution in [0.1, 0.15) is 53.7 Å². The topological polar surface area (TPSA) is 71.2 Å². The molecule has 134 valence electrons. The Balaban J connectivity index is 1.41. The van der Waals surface area contributed by atoms with E-state index in [1.165, 1.54) is 4.88 Å². The molecule has 1 saturated carbocycles. The molecule has 25 heavy (non-hydrogen) atoms. The summed E-state index contributed by atoms with van der Waals surface area (Å²) in [6.07, 6.45) is 3.92. The molecule has 0 saturated heterocycles. The maximum atomic E-state index is 12.7. The molecule has 1 N–H and O–H groups in total. The molecule has 1 aliphatic carbocycles. The average molecular weight is 360 g/mol. The van der Waals surface area contributed by atoms with E-state index in [0.29, 0.717) is 18.9 Å². The van der Waals surface area contributed by atoms with Crippen LogP contribution in [-0.4, -0.2) is 37.2 Å². The molecule has 7 heteroatoms. The van der Waals surface area contributed by atoms with E-state index in [2.05, 4.69) is 10.1 Å². The first-order valence-electron chi connectivity index (χ1n) is 9.03. The second kappa shape index (κ2) is 6.88. The van der Waals surface area contributed by atoms with Crippen molar-refractivity contribution < 1.29 is 9.90 Å². The van der Waals surface area contributed by atoms with Gasteiger partial charge in [0.05, 0.1) is 29.1 Å². The molecule has 0 radical (unpaired) electrons. The molecular weight excluding hydrogens is 336 g/mol. The summed E-state index contributed by atoms with van der Waals surface area (Å²) in [6.45, 7) is 4.16. The largest absolute Gasteiger partial charge is 0.386 e. The highest BCUT2D eigenvalue weighted by molar-refractivity contribution is 7.09. The van der Waals surface area contributed by atoms with Gasteiger partial charge >= 0.3 is 0 Å². The summed E-state index contributed by atoms with van der Waals surface area (Å²) >= 11 is 1.62. The standard InChI is InChI=1S/C18H24N4O2S/c1-12-16(25-11-19-12)5-6-17(23)21-7-2-8-22-14(10-21)9-15(20-22)18(24)13-3-4-13/h9,11,13,18,24H,2-8,10H2,1H3/t18-/m0/s1. The average Bonchev–Trinajstić information content (AvgIpc) is 3.31. The summed E-state index contributed by atoms with van der Waals surface area (Å²) in [4.78, 5) is 20.0. The number of hydrogen-bond donors (Lipinski definition) is 1. The van der Waals surface area contributed by atoms with Gasteiger partial charge < -0.3 is 10.0 Å². The lowest BCUT2D eigenvalue weighted by Gasteiger charge is -2.20. The second-order valence-corrected chi connectivity index (χ2v) is 8.04. The zero-order valence-corrected chi connectivity index (χ0v) is 15.3. The van der Waals surface area contributed by atoms with Gasteiger partial charge in [0.15, 0.2) is 0 Å². The van der Waals surface area contributed by atoms with E-state index in [4.69, 9.17) is 0 Å². The molecule has 2 aromatic rings. The van der Waals surface area contributed by atoms with Crippen molar-refractivity contribution in [1.29, 1.82) is 0 Å². The second-order valence-electron chi connectivity index (χ2n) is 7.10. The van der Waals surface area contributed by atoms with E-state index in [1.807, 2.05) is 28.1 Å². The Bertz CT molecular complexity index is 765. The van der Waals surface area contributed by atoms with Crippen molar-refractivity contribution in [2.24, 2.45) is 5.92 Å². The minimum Gasteiger partial charge on any atom is -0.386 e. The number of fused-ring (bicyclic) bond motifs is 1. The smallest absolute Gasteiger partial charge is 0.223 e. The third kappa shape index (κ3) is 3.62. The highest BCUT2D eigenvalue weighted by Crippen LogP contribution is 2.40. The molecule has 4 rings (SSSR count). The van der Waals surface area contributed by atoms with E-state index in [9.17, 15) is 9.90 Å². The van der Waals surface area contributed by atoms with E-state index in [1.54, 1.807) is 11.3 Å². The van der Waals surface area contributed by atoms with Gasteiger partial charge in [0, 0.05) is 24.4 Å². The number of aliphatic hydroxyl groups excluding tert-OH is 1. The number of carbonyl (C=O) groups excluding carboxylic acids is 1. The maximum absolute atomic E-state index is 12.7. The van der Waals surface area contributed by atoms with Crippen molar-refractivity contribution >= 4 is 17.2 Å². The fourth-order valence-corrected chi connectivity index (χ4v) is 4.22. The van der Waals surface area contributed by atoms with Crippen LogP contribution in [0.25, 0.3) is 0 Å². The van der Waals surface area contributed by atoms with Gasteiger partial charge in [-0.05, 0) is 44.6 Å². The molecule has 1 amide bonds. The lowest BCUT2D eigenvalue weighted by atomic mass is 10.1. The molecule has 0 aromatic carbocycles. The number of aliphatic hydroxyl groups is 1. The number of rotatable bonds is 5. The number of amides is 1. The highest BCUT2D eigenvalue weighted by atomic mass is 32.1.